The maximum absolute atomic E-state index is 12.7. The van der Waals surface area contributed by atoms with E-state index in [1.807, 2.05) is 36.3 Å². The van der Waals surface area contributed by atoms with Gasteiger partial charge in [-0.1, -0.05) is 6.07 Å². The van der Waals surface area contributed by atoms with Crippen LogP contribution in [0.1, 0.15) is 38.0 Å². The Morgan fingerprint density at radius 3 is 2.62 bits per heavy atom. The fourth-order valence-electron chi connectivity index (χ4n) is 3.75. The van der Waals surface area contributed by atoms with Crippen molar-refractivity contribution in [2.24, 2.45) is 5.92 Å². The number of likely N-dealkylation sites (tertiary alicyclic amines) is 2. The van der Waals surface area contributed by atoms with Gasteiger partial charge >= 0.3 is 0 Å². The van der Waals surface area contributed by atoms with Crippen LogP contribution in [0.5, 0.6) is 0 Å². The Labute approximate surface area is 158 Å². The van der Waals surface area contributed by atoms with Crippen molar-refractivity contribution >= 4 is 29.1 Å². The Morgan fingerprint density at radius 2 is 2.04 bits per heavy atom. The fourth-order valence-corrected chi connectivity index (χ4v) is 4.45. The second-order valence-electron chi connectivity index (χ2n) is 7.46. The Kier molecular flexibility index (Phi) is 5.96. The molecule has 0 saturated carbocycles. The van der Waals surface area contributed by atoms with Gasteiger partial charge in [0.15, 0.2) is 0 Å². The fraction of sp³-hybridized carbons (Fsp3) is 0.632. The van der Waals surface area contributed by atoms with E-state index in [1.165, 1.54) is 0 Å². The topological polar surface area (TPSA) is 69.7 Å². The molecule has 1 aromatic rings. The molecule has 2 fully saturated rings. The van der Waals surface area contributed by atoms with Crippen LogP contribution in [0.2, 0.25) is 0 Å². The van der Waals surface area contributed by atoms with E-state index in [-0.39, 0.29) is 35.7 Å². The molecule has 1 unspecified atom stereocenters. The van der Waals surface area contributed by atoms with Crippen molar-refractivity contribution < 1.29 is 14.4 Å². The van der Waals surface area contributed by atoms with E-state index in [4.69, 9.17) is 0 Å². The molecule has 3 amide bonds. The summed E-state index contributed by atoms with van der Waals surface area (Å²) in [6.45, 7) is 5.79. The van der Waals surface area contributed by atoms with Gasteiger partial charge in [-0.25, -0.2) is 0 Å². The minimum absolute atomic E-state index is 0.0474. The molecule has 0 aliphatic carbocycles. The SMILES string of the molecule is CC(C)N1CC(C(=O)N2CCC(NC(=O)Cc3cccs3)CC2)CC1=O. The zero-order valence-corrected chi connectivity index (χ0v) is 16.3. The number of nitrogens with one attached hydrogen (secondary N) is 1. The first kappa shape index (κ1) is 18.9. The lowest BCUT2D eigenvalue weighted by atomic mass is 10.0. The third-order valence-corrected chi connectivity index (χ3v) is 6.09. The number of hydrogen-bond donors (Lipinski definition) is 1. The van der Waals surface area contributed by atoms with Gasteiger partial charge in [0.2, 0.25) is 17.7 Å². The Hall–Kier alpha value is -1.89. The molecule has 2 aliphatic heterocycles. The quantitative estimate of drug-likeness (QED) is 0.848. The molecular weight excluding hydrogens is 350 g/mol. The third kappa shape index (κ3) is 4.44. The summed E-state index contributed by atoms with van der Waals surface area (Å²) in [6.07, 6.45) is 2.30. The second kappa shape index (κ2) is 8.20. The van der Waals surface area contributed by atoms with Gasteiger partial charge in [-0.05, 0) is 38.1 Å². The Morgan fingerprint density at radius 1 is 1.31 bits per heavy atom. The average Bonchev–Trinajstić information content (AvgIpc) is 3.24. The standard InChI is InChI=1S/C19H27N3O3S/c1-13(2)22-12-14(10-18(22)24)19(25)21-7-5-15(6-8-21)20-17(23)11-16-4-3-9-26-16/h3-4,9,13-15H,5-8,10-12H2,1-2H3,(H,20,23). The summed E-state index contributed by atoms with van der Waals surface area (Å²) in [7, 11) is 0. The predicted octanol–water partition coefficient (Wildman–Crippen LogP) is 1.65. The van der Waals surface area contributed by atoms with Crippen molar-refractivity contribution in [3.8, 4) is 0 Å². The van der Waals surface area contributed by atoms with Crippen LogP contribution in [0, 0.1) is 5.92 Å². The van der Waals surface area contributed by atoms with Crippen molar-refractivity contribution in [3.05, 3.63) is 22.4 Å². The van der Waals surface area contributed by atoms with Crippen molar-refractivity contribution in [2.75, 3.05) is 19.6 Å². The maximum atomic E-state index is 12.7. The van der Waals surface area contributed by atoms with Crippen molar-refractivity contribution in [1.29, 1.82) is 0 Å². The minimum atomic E-state index is -0.213. The molecule has 142 valence electrons. The van der Waals surface area contributed by atoms with E-state index in [2.05, 4.69) is 5.32 Å². The van der Waals surface area contributed by atoms with Crippen molar-refractivity contribution in [1.82, 2.24) is 15.1 Å². The van der Waals surface area contributed by atoms with Crippen LogP contribution in [0.15, 0.2) is 17.5 Å². The molecule has 3 rings (SSSR count). The molecule has 6 nitrogen and oxygen atoms in total. The highest BCUT2D eigenvalue weighted by atomic mass is 32.1. The average molecular weight is 378 g/mol. The van der Waals surface area contributed by atoms with Gasteiger partial charge in [-0.2, -0.15) is 0 Å². The number of hydrogen-bond acceptors (Lipinski definition) is 4. The first-order valence-electron chi connectivity index (χ1n) is 9.34. The van der Waals surface area contributed by atoms with Gasteiger partial charge in [0, 0.05) is 43.0 Å². The molecule has 2 aliphatic rings. The molecule has 1 atom stereocenters. The Bertz CT molecular complexity index is 651. The van der Waals surface area contributed by atoms with E-state index in [0.29, 0.717) is 32.5 Å². The van der Waals surface area contributed by atoms with Crippen LogP contribution in [0.25, 0.3) is 0 Å². The molecule has 0 spiro atoms. The molecule has 1 aromatic heterocycles. The summed E-state index contributed by atoms with van der Waals surface area (Å²) < 4.78 is 0. The number of piperidine rings is 1. The van der Waals surface area contributed by atoms with Gasteiger partial charge in [0.1, 0.15) is 0 Å². The van der Waals surface area contributed by atoms with Gasteiger partial charge < -0.3 is 15.1 Å². The van der Waals surface area contributed by atoms with Crippen molar-refractivity contribution in [2.45, 2.75) is 51.6 Å². The lowest BCUT2D eigenvalue weighted by molar-refractivity contribution is -0.137. The van der Waals surface area contributed by atoms with E-state index in [9.17, 15) is 14.4 Å². The van der Waals surface area contributed by atoms with E-state index >= 15 is 0 Å². The van der Waals surface area contributed by atoms with E-state index in [1.54, 1.807) is 16.2 Å². The van der Waals surface area contributed by atoms with Gasteiger partial charge in [-0.15, -0.1) is 11.3 Å². The lowest BCUT2D eigenvalue weighted by Crippen LogP contribution is -2.48. The molecule has 7 heteroatoms. The number of amides is 3. The number of thiophene rings is 1. The van der Waals surface area contributed by atoms with E-state index in [0.717, 1.165) is 17.7 Å². The first-order valence-corrected chi connectivity index (χ1v) is 10.2. The van der Waals surface area contributed by atoms with Crippen LogP contribution in [0.3, 0.4) is 0 Å². The molecular formula is C19H27N3O3S. The van der Waals surface area contributed by atoms with Gasteiger partial charge in [0.05, 0.1) is 12.3 Å². The van der Waals surface area contributed by atoms with Crippen molar-refractivity contribution in [3.63, 3.8) is 0 Å². The van der Waals surface area contributed by atoms with Crippen LogP contribution in [-0.4, -0.2) is 59.2 Å². The number of carbonyl (C=O) groups excluding carboxylic acids is 3. The summed E-state index contributed by atoms with van der Waals surface area (Å²) in [5, 5.41) is 5.06. The van der Waals surface area contributed by atoms with Crippen LogP contribution >= 0.6 is 11.3 Å². The first-order chi connectivity index (χ1) is 12.4. The number of carbonyl (C=O) groups is 3. The summed E-state index contributed by atoms with van der Waals surface area (Å²) in [5.74, 6) is -0.000000431. The summed E-state index contributed by atoms with van der Waals surface area (Å²) in [4.78, 5) is 41.6. The maximum Gasteiger partial charge on any atom is 0.227 e. The summed E-state index contributed by atoms with van der Waals surface area (Å²) in [5.41, 5.74) is 0. The molecule has 0 aromatic carbocycles. The van der Waals surface area contributed by atoms with Gasteiger partial charge in [-0.3, -0.25) is 14.4 Å². The van der Waals surface area contributed by atoms with Crippen LogP contribution in [-0.2, 0) is 20.8 Å². The lowest BCUT2D eigenvalue weighted by Gasteiger charge is -2.34. The second-order valence-corrected chi connectivity index (χ2v) is 8.50. The highest BCUT2D eigenvalue weighted by Crippen LogP contribution is 2.24. The van der Waals surface area contributed by atoms with Gasteiger partial charge in [0.25, 0.3) is 0 Å². The normalized spacial score (nSPS) is 21.5. The smallest absolute Gasteiger partial charge is 0.227 e. The van der Waals surface area contributed by atoms with E-state index < -0.39 is 0 Å². The van der Waals surface area contributed by atoms with Crippen LogP contribution < -0.4 is 5.32 Å². The number of nitrogens with zero attached hydrogens (tertiary/aromatic N) is 2. The predicted molar refractivity (Wildman–Crippen MR) is 101 cm³/mol. The summed E-state index contributed by atoms with van der Waals surface area (Å²) >= 11 is 1.59. The zero-order chi connectivity index (χ0) is 18.7. The molecule has 0 radical (unpaired) electrons. The molecule has 0 bridgehead atoms. The zero-order valence-electron chi connectivity index (χ0n) is 15.4. The number of rotatable bonds is 5. The largest absolute Gasteiger partial charge is 0.353 e. The Balaban J connectivity index is 1.44. The molecule has 2 saturated heterocycles. The van der Waals surface area contributed by atoms with Crippen LogP contribution in [0.4, 0.5) is 0 Å². The molecule has 1 N–H and O–H groups in total. The molecule has 26 heavy (non-hydrogen) atoms. The summed E-state index contributed by atoms with van der Waals surface area (Å²) in [6, 6.07) is 4.19. The highest BCUT2D eigenvalue weighted by Gasteiger charge is 2.38. The minimum Gasteiger partial charge on any atom is -0.353 e. The monoisotopic (exact) mass is 377 g/mol. The highest BCUT2D eigenvalue weighted by molar-refractivity contribution is 7.10. The molecule has 3 heterocycles. The third-order valence-electron chi connectivity index (χ3n) is 5.22.